The SMILES string of the molecule is C=C1C[C@](C)(O)[C@](C)(C(=O)OCC)C1. The lowest BCUT2D eigenvalue weighted by Gasteiger charge is -2.33. The highest BCUT2D eigenvalue weighted by Gasteiger charge is 2.55. The minimum Gasteiger partial charge on any atom is -0.465 e. The maximum atomic E-state index is 11.7. The maximum Gasteiger partial charge on any atom is 0.315 e. The molecule has 3 heteroatoms. The Morgan fingerprint density at radius 3 is 2.50 bits per heavy atom. The Hall–Kier alpha value is -0.830. The third kappa shape index (κ3) is 1.57. The number of aliphatic hydroxyl groups is 1. The van der Waals surface area contributed by atoms with Crippen LogP contribution >= 0.6 is 0 Å². The Kier molecular flexibility index (Phi) is 2.72. The van der Waals surface area contributed by atoms with Crippen molar-refractivity contribution in [2.75, 3.05) is 6.61 Å². The second kappa shape index (κ2) is 3.39. The molecule has 3 nitrogen and oxygen atoms in total. The van der Waals surface area contributed by atoms with Gasteiger partial charge >= 0.3 is 5.97 Å². The van der Waals surface area contributed by atoms with E-state index in [0.29, 0.717) is 19.4 Å². The molecule has 0 amide bonds. The van der Waals surface area contributed by atoms with Gasteiger partial charge in [-0.25, -0.2) is 0 Å². The number of carbonyl (C=O) groups is 1. The number of rotatable bonds is 2. The van der Waals surface area contributed by atoms with Crippen molar-refractivity contribution in [3.8, 4) is 0 Å². The summed E-state index contributed by atoms with van der Waals surface area (Å²) in [6.45, 7) is 9.34. The molecule has 1 fully saturated rings. The van der Waals surface area contributed by atoms with Crippen molar-refractivity contribution in [1.82, 2.24) is 0 Å². The molecule has 1 saturated carbocycles. The number of hydrogen-bond donors (Lipinski definition) is 1. The summed E-state index contributed by atoms with van der Waals surface area (Å²) in [6.07, 6.45) is 0.987. The van der Waals surface area contributed by atoms with Gasteiger partial charge in [0.15, 0.2) is 0 Å². The van der Waals surface area contributed by atoms with Crippen LogP contribution in [0.2, 0.25) is 0 Å². The second-order valence-electron chi connectivity index (χ2n) is 4.43. The van der Waals surface area contributed by atoms with Crippen LogP contribution in [0.5, 0.6) is 0 Å². The highest BCUT2D eigenvalue weighted by Crippen LogP contribution is 2.48. The van der Waals surface area contributed by atoms with Crippen LogP contribution < -0.4 is 0 Å². The Labute approximate surface area is 84.8 Å². The Morgan fingerprint density at radius 2 is 2.14 bits per heavy atom. The molecule has 0 aromatic rings. The molecule has 0 unspecified atom stereocenters. The van der Waals surface area contributed by atoms with E-state index in [-0.39, 0.29) is 5.97 Å². The van der Waals surface area contributed by atoms with Crippen LogP contribution in [0.1, 0.15) is 33.6 Å². The fraction of sp³-hybridized carbons (Fsp3) is 0.727. The van der Waals surface area contributed by atoms with Crippen LogP contribution in [-0.4, -0.2) is 23.3 Å². The van der Waals surface area contributed by atoms with Crippen molar-refractivity contribution < 1.29 is 14.6 Å². The fourth-order valence-corrected chi connectivity index (χ4v) is 2.02. The fourth-order valence-electron chi connectivity index (χ4n) is 2.02. The van der Waals surface area contributed by atoms with Crippen molar-refractivity contribution in [2.24, 2.45) is 5.41 Å². The molecule has 0 heterocycles. The summed E-state index contributed by atoms with van der Waals surface area (Å²) in [5.74, 6) is -0.330. The molecule has 80 valence electrons. The number of esters is 1. The Balaban J connectivity index is 2.93. The van der Waals surface area contributed by atoms with Gasteiger partial charge in [0.05, 0.1) is 17.6 Å². The standard InChI is InChI=1S/C11H18O3/c1-5-14-9(12)10(3)6-8(2)7-11(10,4)13/h13H,2,5-7H2,1,3-4H3/t10-,11-/m0/s1. The minimum atomic E-state index is -1.03. The molecule has 0 aromatic carbocycles. The van der Waals surface area contributed by atoms with Crippen molar-refractivity contribution in [3.05, 3.63) is 12.2 Å². The van der Waals surface area contributed by atoms with Crippen molar-refractivity contribution >= 4 is 5.97 Å². The van der Waals surface area contributed by atoms with E-state index in [1.807, 2.05) is 0 Å². The second-order valence-corrected chi connectivity index (χ2v) is 4.43. The van der Waals surface area contributed by atoms with Gasteiger partial charge in [0, 0.05) is 0 Å². The number of carbonyl (C=O) groups excluding carboxylic acids is 1. The predicted octanol–water partition coefficient (Wildman–Crippen LogP) is 1.66. The smallest absolute Gasteiger partial charge is 0.315 e. The van der Waals surface area contributed by atoms with Gasteiger partial charge in [-0.05, 0) is 33.6 Å². The molecule has 0 aliphatic heterocycles. The van der Waals surface area contributed by atoms with E-state index < -0.39 is 11.0 Å². The molecule has 0 spiro atoms. The highest BCUT2D eigenvalue weighted by atomic mass is 16.5. The predicted molar refractivity (Wildman–Crippen MR) is 53.7 cm³/mol. The lowest BCUT2D eigenvalue weighted by Crippen LogP contribution is -2.45. The first kappa shape index (κ1) is 11.2. The maximum absolute atomic E-state index is 11.7. The van der Waals surface area contributed by atoms with Gasteiger partial charge in [0.1, 0.15) is 0 Å². The zero-order valence-corrected chi connectivity index (χ0v) is 9.09. The molecular formula is C11H18O3. The van der Waals surface area contributed by atoms with Gasteiger partial charge in [-0.15, -0.1) is 0 Å². The van der Waals surface area contributed by atoms with Crippen LogP contribution in [-0.2, 0) is 9.53 Å². The average molecular weight is 198 g/mol. The molecule has 1 aliphatic carbocycles. The first-order valence-corrected chi connectivity index (χ1v) is 4.90. The van der Waals surface area contributed by atoms with Crippen LogP contribution in [0.25, 0.3) is 0 Å². The first-order valence-electron chi connectivity index (χ1n) is 4.90. The highest BCUT2D eigenvalue weighted by molar-refractivity contribution is 5.79. The van der Waals surface area contributed by atoms with Crippen LogP contribution in [0.4, 0.5) is 0 Å². The van der Waals surface area contributed by atoms with E-state index in [9.17, 15) is 9.90 Å². The topological polar surface area (TPSA) is 46.5 Å². The molecule has 1 rings (SSSR count). The molecule has 14 heavy (non-hydrogen) atoms. The van der Waals surface area contributed by atoms with Crippen LogP contribution in [0.3, 0.4) is 0 Å². The lowest BCUT2D eigenvalue weighted by atomic mass is 9.77. The van der Waals surface area contributed by atoms with E-state index in [1.54, 1.807) is 20.8 Å². The third-order valence-electron chi connectivity index (χ3n) is 3.11. The van der Waals surface area contributed by atoms with Crippen molar-refractivity contribution in [2.45, 2.75) is 39.2 Å². The van der Waals surface area contributed by atoms with Gasteiger partial charge in [0.25, 0.3) is 0 Å². The zero-order valence-electron chi connectivity index (χ0n) is 9.09. The molecule has 1 aliphatic rings. The lowest BCUT2D eigenvalue weighted by molar-refractivity contribution is -0.167. The first-order chi connectivity index (χ1) is 6.33. The molecule has 0 radical (unpaired) electrons. The molecule has 2 atom stereocenters. The van der Waals surface area contributed by atoms with Gasteiger partial charge in [-0.2, -0.15) is 0 Å². The summed E-state index contributed by atoms with van der Waals surface area (Å²) in [5.41, 5.74) is -0.957. The van der Waals surface area contributed by atoms with Crippen molar-refractivity contribution in [1.29, 1.82) is 0 Å². The quantitative estimate of drug-likeness (QED) is 0.542. The van der Waals surface area contributed by atoms with E-state index in [4.69, 9.17) is 4.74 Å². The normalized spacial score (nSPS) is 37.3. The average Bonchev–Trinajstić information content (AvgIpc) is 2.22. The summed E-state index contributed by atoms with van der Waals surface area (Å²) in [6, 6.07) is 0. The third-order valence-corrected chi connectivity index (χ3v) is 3.11. The minimum absolute atomic E-state index is 0.330. The summed E-state index contributed by atoms with van der Waals surface area (Å²) < 4.78 is 4.97. The zero-order chi connectivity index (χ0) is 11.0. The largest absolute Gasteiger partial charge is 0.465 e. The molecule has 1 N–H and O–H groups in total. The molecule has 0 bridgehead atoms. The molecule has 0 aromatic heterocycles. The van der Waals surface area contributed by atoms with Gasteiger partial charge in [-0.1, -0.05) is 12.2 Å². The number of ether oxygens (including phenoxy) is 1. The van der Waals surface area contributed by atoms with E-state index in [1.165, 1.54) is 0 Å². The number of hydrogen-bond acceptors (Lipinski definition) is 3. The van der Waals surface area contributed by atoms with E-state index in [2.05, 4.69) is 6.58 Å². The van der Waals surface area contributed by atoms with Gasteiger partial charge < -0.3 is 9.84 Å². The Morgan fingerprint density at radius 1 is 1.57 bits per heavy atom. The van der Waals surface area contributed by atoms with Crippen LogP contribution in [0, 0.1) is 5.41 Å². The van der Waals surface area contributed by atoms with Crippen molar-refractivity contribution in [3.63, 3.8) is 0 Å². The molecule has 0 saturated heterocycles. The summed E-state index contributed by atoms with van der Waals surface area (Å²) in [7, 11) is 0. The molecular weight excluding hydrogens is 180 g/mol. The van der Waals surface area contributed by atoms with Gasteiger partial charge in [-0.3, -0.25) is 4.79 Å². The van der Waals surface area contributed by atoms with E-state index in [0.717, 1.165) is 5.57 Å². The summed E-state index contributed by atoms with van der Waals surface area (Å²) in [4.78, 5) is 11.7. The monoisotopic (exact) mass is 198 g/mol. The van der Waals surface area contributed by atoms with E-state index >= 15 is 0 Å². The summed E-state index contributed by atoms with van der Waals surface area (Å²) in [5, 5.41) is 10.1. The summed E-state index contributed by atoms with van der Waals surface area (Å²) >= 11 is 0. The van der Waals surface area contributed by atoms with Gasteiger partial charge in [0.2, 0.25) is 0 Å². The van der Waals surface area contributed by atoms with Crippen LogP contribution in [0.15, 0.2) is 12.2 Å². The Bertz CT molecular complexity index is 268.